The van der Waals surface area contributed by atoms with Crippen molar-refractivity contribution in [2.75, 3.05) is 25.1 Å². The molecule has 1 aliphatic rings. The van der Waals surface area contributed by atoms with Crippen LogP contribution in [0.5, 0.6) is 0 Å². The third-order valence-corrected chi connectivity index (χ3v) is 4.21. The van der Waals surface area contributed by atoms with Gasteiger partial charge in [0.25, 0.3) is 0 Å². The highest BCUT2D eigenvalue weighted by Crippen LogP contribution is 2.27. The summed E-state index contributed by atoms with van der Waals surface area (Å²) in [4.78, 5) is 16.3. The van der Waals surface area contributed by atoms with Gasteiger partial charge in [-0.05, 0) is 19.8 Å². The smallest absolute Gasteiger partial charge is 0.351 e. The Bertz CT molecular complexity index is 577. The zero-order chi connectivity index (χ0) is 17.5. The van der Waals surface area contributed by atoms with Gasteiger partial charge in [0, 0.05) is 31.3 Å². The number of aliphatic hydroxyl groups excluding tert-OH is 3. The van der Waals surface area contributed by atoms with Crippen LogP contribution in [0.1, 0.15) is 43.9 Å². The van der Waals surface area contributed by atoms with E-state index < -0.39 is 24.1 Å². The van der Waals surface area contributed by atoms with Crippen molar-refractivity contribution in [3.05, 3.63) is 22.2 Å². The van der Waals surface area contributed by atoms with E-state index in [-0.39, 0.29) is 19.6 Å². The predicted octanol–water partition coefficient (Wildman–Crippen LogP) is 0.157. The van der Waals surface area contributed by atoms with E-state index in [4.69, 9.17) is 14.9 Å². The first-order chi connectivity index (χ1) is 11.6. The highest BCUT2D eigenvalue weighted by Gasteiger charge is 2.35. The first-order valence-corrected chi connectivity index (χ1v) is 8.45. The number of hydrogen-bond acceptors (Lipinski definition) is 7. The summed E-state index contributed by atoms with van der Waals surface area (Å²) in [5.41, 5.74) is 0.370. The number of aryl methyl sites for hydroxylation is 1. The molecule has 0 amide bonds. The summed E-state index contributed by atoms with van der Waals surface area (Å²) in [7, 11) is 0. The van der Waals surface area contributed by atoms with Crippen molar-refractivity contribution in [1.82, 2.24) is 9.55 Å². The molecule has 2 heterocycles. The second-order valence-electron chi connectivity index (χ2n) is 6.14. The van der Waals surface area contributed by atoms with Gasteiger partial charge in [-0.3, -0.25) is 4.57 Å². The molecule has 0 spiro atoms. The Kier molecular flexibility index (Phi) is 7.16. The molecular weight excluding hydrogens is 314 g/mol. The quantitative estimate of drug-likeness (QED) is 0.473. The number of anilines is 1. The number of aliphatic hydroxyl groups is 3. The van der Waals surface area contributed by atoms with Crippen molar-refractivity contribution < 1.29 is 20.1 Å². The maximum Gasteiger partial charge on any atom is 0.351 e. The monoisotopic (exact) mass is 341 g/mol. The summed E-state index contributed by atoms with van der Waals surface area (Å²) in [5, 5.41) is 30.8. The third kappa shape index (κ3) is 4.76. The molecule has 1 aliphatic heterocycles. The van der Waals surface area contributed by atoms with E-state index in [0.29, 0.717) is 12.4 Å². The fraction of sp³-hybridized carbons (Fsp3) is 0.750. The normalized spacial score (nSPS) is 23.6. The molecule has 1 unspecified atom stereocenters. The molecule has 0 saturated carbocycles. The van der Waals surface area contributed by atoms with E-state index in [1.807, 2.05) is 6.92 Å². The molecule has 136 valence electrons. The molecule has 24 heavy (non-hydrogen) atoms. The Balaban J connectivity index is 1.95. The molecule has 8 heteroatoms. The van der Waals surface area contributed by atoms with Crippen LogP contribution in [0.25, 0.3) is 0 Å². The maximum absolute atomic E-state index is 12.2. The SMILES string of the molecule is Cc1cn([C@H]2C[C@@H](O)C(CO)O2)c(=O)nc1NCCCCCCO. The van der Waals surface area contributed by atoms with Gasteiger partial charge in [0.2, 0.25) is 0 Å². The van der Waals surface area contributed by atoms with E-state index in [1.54, 1.807) is 6.20 Å². The zero-order valence-corrected chi connectivity index (χ0v) is 14.0. The van der Waals surface area contributed by atoms with Crippen LogP contribution in [0, 0.1) is 6.92 Å². The third-order valence-electron chi connectivity index (χ3n) is 4.21. The molecule has 4 N–H and O–H groups in total. The van der Waals surface area contributed by atoms with Crippen molar-refractivity contribution >= 4 is 5.82 Å². The lowest BCUT2D eigenvalue weighted by Gasteiger charge is -2.16. The largest absolute Gasteiger partial charge is 0.396 e. The van der Waals surface area contributed by atoms with Gasteiger partial charge in [0.1, 0.15) is 18.1 Å². The molecule has 8 nitrogen and oxygen atoms in total. The topological polar surface area (TPSA) is 117 Å². The van der Waals surface area contributed by atoms with Crippen molar-refractivity contribution in [3.63, 3.8) is 0 Å². The van der Waals surface area contributed by atoms with Gasteiger partial charge in [-0.15, -0.1) is 0 Å². The lowest BCUT2D eigenvalue weighted by Crippen LogP contribution is -2.29. The van der Waals surface area contributed by atoms with Crippen LogP contribution in [0.3, 0.4) is 0 Å². The number of nitrogens with one attached hydrogen (secondary N) is 1. The summed E-state index contributed by atoms with van der Waals surface area (Å²) in [5.74, 6) is 0.552. The van der Waals surface area contributed by atoms with Crippen LogP contribution in [-0.2, 0) is 4.74 Å². The molecule has 0 aromatic carbocycles. The molecule has 1 aromatic heterocycles. The van der Waals surface area contributed by atoms with Gasteiger partial charge in [0.05, 0.1) is 12.7 Å². The summed E-state index contributed by atoms with van der Waals surface area (Å²) < 4.78 is 6.86. The molecule has 2 rings (SSSR count). The molecule has 3 atom stereocenters. The summed E-state index contributed by atoms with van der Waals surface area (Å²) in [6.45, 7) is 2.51. The summed E-state index contributed by atoms with van der Waals surface area (Å²) in [6.07, 6.45) is 3.62. The number of hydrogen-bond donors (Lipinski definition) is 4. The van der Waals surface area contributed by atoms with Crippen molar-refractivity contribution in [3.8, 4) is 0 Å². The van der Waals surface area contributed by atoms with Crippen LogP contribution >= 0.6 is 0 Å². The van der Waals surface area contributed by atoms with E-state index in [1.165, 1.54) is 4.57 Å². The van der Waals surface area contributed by atoms with Crippen LogP contribution < -0.4 is 11.0 Å². The van der Waals surface area contributed by atoms with Gasteiger partial charge in [-0.25, -0.2) is 4.79 Å². The number of ether oxygens (including phenoxy) is 1. The number of aromatic nitrogens is 2. The van der Waals surface area contributed by atoms with Crippen LogP contribution in [0.15, 0.2) is 11.0 Å². The zero-order valence-electron chi connectivity index (χ0n) is 14.0. The van der Waals surface area contributed by atoms with E-state index in [0.717, 1.165) is 31.2 Å². The van der Waals surface area contributed by atoms with Gasteiger partial charge in [-0.1, -0.05) is 12.8 Å². The molecule has 0 radical (unpaired) electrons. The number of nitrogens with zero attached hydrogens (tertiary/aromatic N) is 2. The van der Waals surface area contributed by atoms with Gasteiger partial charge in [-0.2, -0.15) is 4.98 Å². The highest BCUT2D eigenvalue weighted by molar-refractivity contribution is 5.41. The van der Waals surface area contributed by atoms with E-state index in [9.17, 15) is 9.90 Å². The minimum Gasteiger partial charge on any atom is -0.396 e. The second-order valence-corrected chi connectivity index (χ2v) is 6.14. The molecule has 1 saturated heterocycles. The van der Waals surface area contributed by atoms with Crippen LogP contribution in [0.2, 0.25) is 0 Å². The maximum atomic E-state index is 12.2. The standard InChI is InChI=1S/C16H27N3O5/c1-11-9-19(14-8-12(22)13(10-21)24-14)16(23)18-15(11)17-6-4-2-3-5-7-20/h9,12-14,20-22H,2-8,10H2,1H3,(H,17,18,23)/t12-,13?,14-/m1/s1. The number of unbranched alkanes of at least 4 members (excludes halogenated alkanes) is 3. The first kappa shape index (κ1) is 18.9. The lowest BCUT2D eigenvalue weighted by molar-refractivity contribution is -0.0459. The van der Waals surface area contributed by atoms with Crippen molar-refractivity contribution in [2.45, 2.75) is 57.5 Å². The second kappa shape index (κ2) is 9.12. The first-order valence-electron chi connectivity index (χ1n) is 8.45. The Hall–Kier alpha value is -1.48. The minimum atomic E-state index is -0.788. The Morgan fingerprint density at radius 2 is 2.08 bits per heavy atom. The Morgan fingerprint density at radius 1 is 1.33 bits per heavy atom. The molecule has 1 fully saturated rings. The lowest BCUT2D eigenvalue weighted by atomic mass is 10.2. The van der Waals surface area contributed by atoms with Crippen LogP contribution in [-0.4, -0.2) is 56.8 Å². The highest BCUT2D eigenvalue weighted by atomic mass is 16.5. The van der Waals surface area contributed by atoms with Gasteiger partial charge < -0.3 is 25.4 Å². The fourth-order valence-electron chi connectivity index (χ4n) is 2.80. The van der Waals surface area contributed by atoms with Crippen LogP contribution in [0.4, 0.5) is 5.82 Å². The molecule has 1 aromatic rings. The van der Waals surface area contributed by atoms with E-state index in [2.05, 4.69) is 10.3 Å². The predicted molar refractivity (Wildman–Crippen MR) is 88.9 cm³/mol. The van der Waals surface area contributed by atoms with Gasteiger partial charge >= 0.3 is 5.69 Å². The summed E-state index contributed by atoms with van der Waals surface area (Å²) >= 11 is 0. The number of rotatable bonds is 9. The summed E-state index contributed by atoms with van der Waals surface area (Å²) in [6, 6.07) is 0. The molecular formula is C16H27N3O5. The van der Waals surface area contributed by atoms with Crippen molar-refractivity contribution in [2.24, 2.45) is 0 Å². The Labute approximate surface area is 141 Å². The molecule has 0 bridgehead atoms. The average Bonchev–Trinajstić information content (AvgIpc) is 2.94. The van der Waals surface area contributed by atoms with Gasteiger partial charge in [0.15, 0.2) is 0 Å². The fourth-order valence-corrected chi connectivity index (χ4v) is 2.80. The molecule has 0 aliphatic carbocycles. The van der Waals surface area contributed by atoms with E-state index >= 15 is 0 Å². The van der Waals surface area contributed by atoms with Crippen molar-refractivity contribution in [1.29, 1.82) is 0 Å². The minimum absolute atomic E-state index is 0.224. The Morgan fingerprint density at radius 3 is 2.75 bits per heavy atom. The average molecular weight is 341 g/mol.